The zero-order valence-electron chi connectivity index (χ0n) is 10.0. The SMILES string of the molecule is CC.CCC12CCOC(C(O)O1)C2SC. The van der Waals surface area contributed by atoms with Gasteiger partial charge in [0.05, 0.1) is 17.5 Å². The van der Waals surface area contributed by atoms with Gasteiger partial charge in [0, 0.05) is 6.42 Å². The second kappa shape index (κ2) is 5.53. The fraction of sp³-hybridized carbons (Fsp3) is 1.00. The third kappa shape index (κ3) is 2.18. The van der Waals surface area contributed by atoms with Crippen molar-refractivity contribution in [2.75, 3.05) is 12.9 Å². The van der Waals surface area contributed by atoms with E-state index in [2.05, 4.69) is 13.2 Å². The Balaban J connectivity index is 0.000000531. The summed E-state index contributed by atoms with van der Waals surface area (Å²) in [5, 5.41) is 9.93. The predicted molar refractivity (Wildman–Crippen MR) is 63.1 cm³/mol. The molecule has 3 nitrogen and oxygen atoms in total. The molecule has 90 valence electrons. The van der Waals surface area contributed by atoms with Crippen molar-refractivity contribution in [2.24, 2.45) is 0 Å². The maximum atomic E-state index is 9.64. The first kappa shape index (κ1) is 13.3. The second-order valence-corrected chi connectivity index (χ2v) is 4.65. The summed E-state index contributed by atoms with van der Waals surface area (Å²) in [5.74, 6) is 0. The minimum atomic E-state index is -0.722. The van der Waals surface area contributed by atoms with Crippen molar-refractivity contribution in [1.29, 1.82) is 0 Å². The second-order valence-electron chi connectivity index (χ2n) is 3.67. The predicted octanol–water partition coefficient (Wildman–Crippen LogP) is 2.03. The van der Waals surface area contributed by atoms with Crippen LogP contribution < -0.4 is 0 Å². The van der Waals surface area contributed by atoms with Crippen LogP contribution in [0.4, 0.5) is 0 Å². The molecule has 2 aliphatic rings. The summed E-state index contributed by atoms with van der Waals surface area (Å²) in [5.41, 5.74) is -0.137. The van der Waals surface area contributed by atoms with Crippen LogP contribution in [0.3, 0.4) is 0 Å². The average Bonchev–Trinajstić information content (AvgIpc) is 2.44. The van der Waals surface area contributed by atoms with E-state index < -0.39 is 6.29 Å². The van der Waals surface area contributed by atoms with Crippen LogP contribution in [0.1, 0.15) is 33.6 Å². The number of aliphatic hydroxyl groups is 1. The standard InChI is InChI=1S/C9H16O3S.C2H6/c1-3-9-4-5-11-6(7(9)13-2)8(10)12-9;1-2/h6-8,10H,3-5H2,1-2H3;1-2H3. The van der Waals surface area contributed by atoms with Crippen LogP contribution in [-0.2, 0) is 9.47 Å². The Bertz CT molecular complexity index is 200. The van der Waals surface area contributed by atoms with E-state index in [0.717, 1.165) is 12.8 Å². The smallest absolute Gasteiger partial charge is 0.183 e. The summed E-state index contributed by atoms with van der Waals surface area (Å²) in [6.45, 7) is 6.83. The third-order valence-electron chi connectivity index (χ3n) is 3.14. The summed E-state index contributed by atoms with van der Waals surface area (Å²) in [6.07, 6.45) is 3.07. The van der Waals surface area contributed by atoms with Crippen LogP contribution in [-0.4, -0.2) is 41.2 Å². The molecule has 2 fully saturated rings. The molecule has 2 saturated heterocycles. The van der Waals surface area contributed by atoms with E-state index in [9.17, 15) is 5.11 Å². The Morgan fingerprint density at radius 1 is 1.47 bits per heavy atom. The molecule has 2 rings (SSSR count). The van der Waals surface area contributed by atoms with Gasteiger partial charge in [-0.25, -0.2) is 0 Å². The molecular formula is C11H22O3S. The molecule has 4 atom stereocenters. The van der Waals surface area contributed by atoms with Gasteiger partial charge in [-0.3, -0.25) is 0 Å². The van der Waals surface area contributed by atoms with Gasteiger partial charge in [0.1, 0.15) is 6.10 Å². The van der Waals surface area contributed by atoms with Crippen molar-refractivity contribution < 1.29 is 14.6 Å². The van der Waals surface area contributed by atoms with Crippen molar-refractivity contribution in [2.45, 2.75) is 56.9 Å². The third-order valence-corrected chi connectivity index (χ3v) is 4.35. The van der Waals surface area contributed by atoms with E-state index in [1.807, 2.05) is 13.8 Å². The van der Waals surface area contributed by atoms with Crippen LogP contribution in [0.2, 0.25) is 0 Å². The van der Waals surface area contributed by atoms with E-state index in [4.69, 9.17) is 9.47 Å². The topological polar surface area (TPSA) is 38.7 Å². The van der Waals surface area contributed by atoms with Crippen LogP contribution in [0.25, 0.3) is 0 Å². The van der Waals surface area contributed by atoms with Crippen LogP contribution in [0.15, 0.2) is 0 Å². The number of aliphatic hydroxyl groups excluding tert-OH is 1. The number of ether oxygens (including phenoxy) is 2. The number of hydrogen-bond acceptors (Lipinski definition) is 4. The molecule has 0 radical (unpaired) electrons. The highest BCUT2D eigenvalue weighted by Crippen LogP contribution is 2.46. The Labute approximate surface area is 96.5 Å². The van der Waals surface area contributed by atoms with Crippen LogP contribution >= 0.6 is 11.8 Å². The lowest BCUT2D eigenvalue weighted by Crippen LogP contribution is -2.46. The lowest BCUT2D eigenvalue weighted by atomic mass is 9.90. The quantitative estimate of drug-likeness (QED) is 0.793. The molecule has 1 N–H and O–H groups in total. The van der Waals surface area contributed by atoms with E-state index >= 15 is 0 Å². The van der Waals surface area contributed by atoms with E-state index in [0.29, 0.717) is 11.9 Å². The molecule has 2 heterocycles. The van der Waals surface area contributed by atoms with Gasteiger partial charge >= 0.3 is 0 Å². The van der Waals surface area contributed by atoms with E-state index in [-0.39, 0.29) is 11.7 Å². The molecular weight excluding hydrogens is 212 g/mol. The summed E-state index contributed by atoms with van der Waals surface area (Å²) in [7, 11) is 0. The van der Waals surface area contributed by atoms with E-state index in [1.54, 1.807) is 11.8 Å². The number of thioether (sulfide) groups is 1. The highest BCUT2D eigenvalue weighted by molar-refractivity contribution is 7.99. The van der Waals surface area contributed by atoms with Gasteiger partial charge in [0.25, 0.3) is 0 Å². The number of hydrogen-bond donors (Lipinski definition) is 1. The zero-order chi connectivity index (χ0) is 11.5. The Hall–Kier alpha value is 0.230. The van der Waals surface area contributed by atoms with Gasteiger partial charge in [-0.1, -0.05) is 20.8 Å². The molecule has 0 aliphatic carbocycles. The molecule has 4 unspecified atom stereocenters. The molecule has 4 heteroatoms. The van der Waals surface area contributed by atoms with Crippen molar-refractivity contribution >= 4 is 11.8 Å². The van der Waals surface area contributed by atoms with Crippen molar-refractivity contribution in [3.8, 4) is 0 Å². The minimum Gasteiger partial charge on any atom is -0.372 e. The van der Waals surface area contributed by atoms with Crippen LogP contribution in [0.5, 0.6) is 0 Å². The highest BCUT2D eigenvalue weighted by Gasteiger charge is 2.56. The molecule has 0 aromatic carbocycles. The lowest BCUT2D eigenvalue weighted by Gasteiger charge is -2.36. The Morgan fingerprint density at radius 2 is 2.13 bits per heavy atom. The van der Waals surface area contributed by atoms with Crippen molar-refractivity contribution in [3.63, 3.8) is 0 Å². The largest absolute Gasteiger partial charge is 0.372 e. The van der Waals surface area contributed by atoms with Gasteiger partial charge in [0.2, 0.25) is 0 Å². The molecule has 2 aliphatic heterocycles. The average molecular weight is 234 g/mol. The summed E-state index contributed by atoms with van der Waals surface area (Å²) in [4.78, 5) is 0. The lowest BCUT2D eigenvalue weighted by molar-refractivity contribution is -0.146. The Kier molecular flexibility index (Phi) is 4.90. The monoisotopic (exact) mass is 234 g/mol. The van der Waals surface area contributed by atoms with E-state index in [1.165, 1.54) is 0 Å². The normalized spacial score (nSPS) is 43.4. The van der Waals surface area contributed by atoms with Gasteiger partial charge < -0.3 is 14.6 Å². The molecule has 0 aromatic rings. The van der Waals surface area contributed by atoms with Gasteiger partial charge in [-0.2, -0.15) is 11.8 Å². The van der Waals surface area contributed by atoms with Crippen molar-refractivity contribution in [3.05, 3.63) is 0 Å². The molecule has 0 aromatic heterocycles. The van der Waals surface area contributed by atoms with Crippen LogP contribution in [0, 0.1) is 0 Å². The minimum absolute atomic E-state index is 0.122. The molecule has 0 spiro atoms. The molecule has 15 heavy (non-hydrogen) atoms. The summed E-state index contributed by atoms with van der Waals surface area (Å²) in [6, 6.07) is 0. The van der Waals surface area contributed by atoms with Gasteiger partial charge in [-0.15, -0.1) is 0 Å². The molecule has 0 saturated carbocycles. The molecule has 2 bridgehead atoms. The first-order valence-corrected chi connectivity index (χ1v) is 7.02. The number of rotatable bonds is 2. The maximum Gasteiger partial charge on any atom is 0.183 e. The van der Waals surface area contributed by atoms with Gasteiger partial charge in [-0.05, 0) is 12.7 Å². The van der Waals surface area contributed by atoms with Crippen molar-refractivity contribution in [1.82, 2.24) is 0 Å². The number of fused-ring (bicyclic) bond motifs is 2. The Morgan fingerprint density at radius 3 is 2.60 bits per heavy atom. The fourth-order valence-electron chi connectivity index (χ4n) is 2.37. The zero-order valence-corrected chi connectivity index (χ0v) is 10.8. The van der Waals surface area contributed by atoms with Gasteiger partial charge in [0.15, 0.2) is 6.29 Å². The summed E-state index contributed by atoms with van der Waals surface area (Å²) < 4.78 is 11.2. The molecule has 0 amide bonds. The first-order valence-electron chi connectivity index (χ1n) is 5.74. The first-order chi connectivity index (χ1) is 7.23. The summed E-state index contributed by atoms with van der Waals surface area (Å²) >= 11 is 1.74. The fourth-order valence-corrected chi connectivity index (χ4v) is 3.62. The maximum absolute atomic E-state index is 9.64. The highest BCUT2D eigenvalue weighted by atomic mass is 32.2.